The monoisotopic (exact) mass is 410 g/mol. The lowest BCUT2D eigenvalue weighted by atomic mass is 10.1. The Balaban J connectivity index is 1.59. The number of hydrogen-bond donors (Lipinski definition) is 1. The van der Waals surface area contributed by atoms with Crippen LogP contribution in [0, 0.1) is 0 Å². The molecule has 1 aromatic heterocycles. The van der Waals surface area contributed by atoms with Gasteiger partial charge < -0.3 is 10.2 Å². The molecule has 9 heteroatoms. The second-order valence-electron chi connectivity index (χ2n) is 6.94. The lowest BCUT2D eigenvalue weighted by Gasteiger charge is -2.35. The number of rotatable bonds is 3. The molecule has 2 bridgehead atoms. The number of para-hydroxylation sites is 1. The lowest BCUT2D eigenvalue weighted by Crippen LogP contribution is -2.48. The summed E-state index contributed by atoms with van der Waals surface area (Å²) < 4.78 is 37.8. The first kappa shape index (κ1) is 18.9. The Morgan fingerprint density at radius 3 is 2.82 bits per heavy atom. The Labute approximate surface area is 165 Å². The van der Waals surface area contributed by atoms with E-state index in [4.69, 9.17) is 11.6 Å². The maximum absolute atomic E-state index is 13.1. The fourth-order valence-electron chi connectivity index (χ4n) is 3.76. The Kier molecular flexibility index (Phi) is 4.82. The third-order valence-corrected chi connectivity index (χ3v) is 5.28. The number of aryl methyl sites for hydroxylation is 1. The first-order valence-electron chi connectivity index (χ1n) is 8.98. The van der Waals surface area contributed by atoms with E-state index in [-0.39, 0.29) is 17.6 Å². The molecule has 0 aliphatic carbocycles. The average Bonchev–Trinajstić information content (AvgIpc) is 3.04. The highest BCUT2D eigenvalue weighted by Gasteiger charge is 2.40. The molecule has 3 heterocycles. The number of benzene rings is 1. The molecule has 28 heavy (non-hydrogen) atoms. The number of carbonyl (C=O) groups excluding carboxylic acids is 1. The third kappa shape index (κ3) is 3.73. The van der Waals surface area contributed by atoms with Gasteiger partial charge in [-0.05, 0) is 36.6 Å². The van der Waals surface area contributed by atoms with Gasteiger partial charge in [0.2, 0.25) is 0 Å². The number of halogens is 4. The van der Waals surface area contributed by atoms with Crippen LogP contribution in [0.5, 0.6) is 0 Å². The number of amides is 2. The quantitative estimate of drug-likeness (QED) is 0.735. The van der Waals surface area contributed by atoms with Gasteiger partial charge in [-0.1, -0.05) is 29.8 Å². The van der Waals surface area contributed by atoms with Gasteiger partial charge in [0.1, 0.15) is 5.15 Å². The van der Waals surface area contributed by atoms with Crippen molar-refractivity contribution in [3.8, 4) is 0 Å². The maximum atomic E-state index is 13.1. The van der Waals surface area contributed by atoms with E-state index < -0.39 is 18.6 Å². The summed E-state index contributed by atoms with van der Waals surface area (Å²) in [7, 11) is 0. The molecular weight excluding hydrogens is 393 g/mol. The van der Waals surface area contributed by atoms with Gasteiger partial charge >= 0.3 is 12.2 Å². The topological polar surface area (TPSA) is 48.5 Å². The minimum Gasteiger partial charge on any atom is -0.366 e. The molecule has 148 valence electrons. The zero-order chi connectivity index (χ0) is 19.9. The van der Waals surface area contributed by atoms with Gasteiger partial charge in [0.05, 0.1) is 11.7 Å². The fraction of sp³-hybridized carbons (Fsp3) is 0.368. The summed E-state index contributed by atoms with van der Waals surface area (Å²) in [5.41, 5.74) is 1.65. The highest BCUT2D eigenvalue weighted by atomic mass is 35.5. The summed E-state index contributed by atoms with van der Waals surface area (Å²) in [5, 5.41) is 3.06. The van der Waals surface area contributed by atoms with Crippen LogP contribution < -0.4 is 15.1 Å². The predicted octanol–water partition coefficient (Wildman–Crippen LogP) is 4.86. The van der Waals surface area contributed by atoms with E-state index >= 15 is 0 Å². The number of aromatic nitrogens is 1. The van der Waals surface area contributed by atoms with Crippen LogP contribution in [-0.2, 0) is 6.42 Å². The van der Waals surface area contributed by atoms with E-state index in [1.165, 1.54) is 0 Å². The van der Waals surface area contributed by atoms with Crippen molar-refractivity contribution in [3.05, 3.63) is 47.1 Å². The standard InChI is InChI=1S/C19H18ClF3N4O/c20-16-6-5-15-17(25-16)27(13-8-10-26(15)11-13)18(28)24-14-4-2-1-3-12(14)7-9-19(21,22)23/h1-6,13H,7-11H2,(H,24,28). The molecule has 2 aliphatic rings. The minimum atomic E-state index is -4.25. The van der Waals surface area contributed by atoms with Crippen molar-refractivity contribution in [2.45, 2.75) is 31.5 Å². The van der Waals surface area contributed by atoms with E-state index in [1.807, 2.05) is 6.07 Å². The second kappa shape index (κ2) is 7.16. The molecular formula is C19H18ClF3N4O. The number of carbonyl (C=O) groups is 1. The molecule has 1 N–H and O–H groups in total. The van der Waals surface area contributed by atoms with Crippen LogP contribution in [0.2, 0.25) is 5.15 Å². The number of fused-ring (bicyclic) bond motifs is 4. The first-order chi connectivity index (χ1) is 13.3. The number of hydrogen-bond acceptors (Lipinski definition) is 3. The van der Waals surface area contributed by atoms with Crippen LogP contribution in [0.25, 0.3) is 0 Å². The molecule has 2 aromatic rings. The van der Waals surface area contributed by atoms with Crippen LogP contribution in [0.1, 0.15) is 18.4 Å². The fourth-order valence-corrected chi connectivity index (χ4v) is 3.90. The molecule has 1 unspecified atom stereocenters. The van der Waals surface area contributed by atoms with Gasteiger partial charge in [-0.2, -0.15) is 13.2 Å². The SMILES string of the molecule is O=C(Nc1ccccc1CCC(F)(F)F)N1c2nc(Cl)ccc2N2CCC1C2. The molecule has 1 fully saturated rings. The van der Waals surface area contributed by atoms with E-state index in [0.29, 0.717) is 23.6 Å². The predicted molar refractivity (Wildman–Crippen MR) is 102 cm³/mol. The molecule has 0 radical (unpaired) electrons. The van der Waals surface area contributed by atoms with Crippen molar-refractivity contribution < 1.29 is 18.0 Å². The van der Waals surface area contributed by atoms with E-state index in [0.717, 1.165) is 18.7 Å². The van der Waals surface area contributed by atoms with E-state index in [9.17, 15) is 18.0 Å². The van der Waals surface area contributed by atoms with Crippen molar-refractivity contribution in [2.24, 2.45) is 0 Å². The number of nitrogens with one attached hydrogen (secondary N) is 1. The molecule has 1 atom stereocenters. The van der Waals surface area contributed by atoms with Crippen molar-refractivity contribution in [1.82, 2.24) is 4.98 Å². The van der Waals surface area contributed by atoms with Gasteiger partial charge in [-0.15, -0.1) is 0 Å². The van der Waals surface area contributed by atoms with Crippen LogP contribution in [0.4, 0.5) is 35.2 Å². The van der Waals surface area contributed by atoms with Crippen LogP contribution >= 0.6 is 11.6 Å². The molecule has 1 saturated heterocycles. The van der Waals surface area contributed by atoms with Gasteiger partial charge in [0.25, 0.3) is 0 Å². The summed E-state index contributed by atoms with van der Waals surface area (Å²) in [6.07, 6.45) is -4.60. The second-order valence-corrected chi connectivity index (χ2v) is 7.32. The summed E-state index contributed by atoms with van der Waals surface area (Å²) in [6, 6.07) is 9.60. The average molecular weight is 411 g/mol. The summed E-state index contributed by atoms with van der Waals surface area (Å²) in [5.74, 6) is 0.478. The number of alkyl halides is 3. The Morgan fingerprint density at radius 1 is 1.25 bits per heavy atom. The van der Waals surface area contributed by atoms with Crippen LogP contribution in [0.15, 0.2) is 36.4 Å². The van der Waals surface area contributed by atoms with Gasteiger partial charge in [-0.25, -0.2) is 9.78 Å². The van der Waals surface area contributed by atoms with Gasteiger partial charge in [0, 0.05) is 25.2 Å². The van der Waals surface area contributed by atoms with Crippen molar-refractivity contribution in [3.63, 3.8) is 0 Å². The van der Waals surface area contributed by atoms with E-state index in [1.54, 1.807) is 35.2 Å². The van der Waals surface area contributed by atoms with Crippen molar-refractivity contribution in [1.29, 1.82) is 0 Å². The van der Waals surface area contributed by atoms with Crippen LogP contribution in [-0.4, -0.2) is 36.3 Å². The molecule has 0 saturated carbocycles. The summed E-state index contributed by atoms with van der Waals surface area (Å²) in [6.45, 7) is 1.51. The van der Waals surface area contributed by atoms with Crippen LogP contribution in [0.3, 0.4) is 0 Å². The number of urea groups is 1. The molecule has 2 aliphatic heterocycles. The normalized spacial score (nSPS) is 18.2. The highest BCUT2D eigenvalue weighted by molar-refractivity contribution is 6.29. The smallest absolute Gasteiger partial charge is 0.366 e. The highest BCUT2D eigenvalue weighted by Crippen LogP contribution is 2.39. The van der Waals surface area contributed by atoms with Crippen molar-refractivity contribution >= 4 is 34.8 Å². The number of pyridine rings is 1. The maximum Gasteiger partial charge on any atom is 0.389 e. The Hall–Kier alpha value is -2.48. The molecule has 2 amide bonds. The first-order valence-corrected chi connectivity index (χ1v) is 9.36. The largest absolute Gasteiger partial charge is 0.389 e. The number of anilines is 3. The third-order valence-electron chi connectivity index (χ3n) is 5.07. The summed E-state index contributed by atoms with van der Waals surface area (Å²) in [4.78, 5) is 21.1. The molecule has 0 spiro atoms. The Morgan fingerprint density at radius 2 is 2.04 bits per heavy atom. The zero-order valence-corrected chi connectivity index (χ0v) is 15.6. The summed E-state index contributed by atoms with van der Waals surface area (Å²) >= 11 is 6.04. The van der Waals surface area contributed by atoms with Crippen molar-refractivity contribution in [2.75, 3.05) is 28.2 Å². The van der Waals surface area contributed by atoms with E-state index in [2.05, 4.69) is 15.2 Å². The number of nitrogens with zero attached hydrogens (tertiary/aromatic N) is 3. The molecule has 4 rings (SSSR count). The lowest BCUT2D eigenvalue weighted by molar-refractivity contribution is -0.133. The zero-order valence-electron chi connectivity index (χ0n) is 14.8. The molecule has 1 aromatic carbocycles. The minimum absolute atomic E-state index is 0.0548. The van der Waals surface area contributed by atoms with Gasteiger partial charge in [0.15, 0.2) is 5.82 Å². The Bertz CT molecular complexity index is 905. The molecule has 5 nitrogen and oxygen atoms in total. The van der Waals surface area contributed by atoms with Gasteiger partial charge in [-0.3, -0.25) is 4.90 Å².